The number of nitrogens with zero attached hydrogens (tertiary/aromatic N) is 1. The van der Waals surface area contributed by atoms with E-state index < -0.39 is 5.97 Å². The van der Waals surface area contributed by atoms with Crippen molar-refractivity contribution in [1.82, 2.24) is 4.90 Å². The maximum Gasteiger partial charge on any atom is 0.317 e. The highest BCUT2D eigenvalue weighted by molar-refractivity contribution is 5.69. The van der Waals surface area contributed by atoms with Gasteiger partial charge in [0.1, 0.15) is 0 Å². The van der Waals surface area contributed by atoms with E-state index in [4.69, 9.17) is 4.74 Å². The van der Waals surface area contributed by atoms with Crippen molar-refractivity contribution in [1.29, 1.82) is 0 Å². The van der Waals surface area contributed by atoms with Crippen molar-refractivity contribution in [3.63, 3.8) is 0 Å². The minimum Gasteiger partial charge on any atom is -0.480 e. The molecule has 2 aliphatic carbocycles. The van der Waals surface area contributed by atoms with Crippen LogP contribution in [0.4, 0.5) is 0 Å². The Morgan fingerprint density at radius 3 is 2.47 bits per heavy atom. The Hall–Kier alpha value is -0.610. The second-order valence-corrected chi connectivity index (χ2v) is 6.54. The summed E-state index contributed by atoms with van der Waals surface area (Å²) in [5, 5.41) is 9.20. The van der Waals surface area contributed by atoms with Crippen molar-refractivity contribution in [3.05, 3.63) is 0 Å². The van der Waals surface area contributed by atoms with E-state index in [9.17, 15) is 9.90 Å². The second kappa shape index (κ2) is 5.41. The van der Waals surface area contributed by atoms with Crippen molar-refractivity contribution >= 4 is 5.97 Å². The van der Waals surface area contributed by atoms with E-state index in [0.717, 1.165) is 19.4 Å². The van der Waals surface area contributed by atoms with Crippen molar-refractivity contribution in [3.8, 4) is 0 Å². The third kappa shape index (κ3) is 2.79. The van der Waals surface area contributed by atoms with E-state index in [1.807, 2.05) is 0 Å². The normalized spacial score (nSPS) is 30.7. The van der Waals surface area contributed by atoms with Crippen LogP contribution in [-0.4, -0.2) is 46.8 Å². The summed E-state index contributed by atoms with van der Waals surface area (Å²) < 4.78 is 5.98. The zero-order chi connectivity index (χ0) is 13.3. The molecule has 3 aliphatic rings. The van der Waals surface area contributed by atoms with Gasteiger partial charge in [0.2, 0.25) is 0 Å². The average Bonchev–Trinajstić information content (AvgIpc) is 2.87. The fraction of sp³-hybridized carbons (Fsp3) is 0.933. The third-order valence-corrected chi connectivity index (χ3v) is 5.31. The smallest absolute Gasteiger partial charge is 0.317 e. The maximum absolute atomic E-state index is 11.2. The topological polar surface area (TPSA) is 49.8 Å². The quantitative estimate of drug-likeness (QED) is 0.850. The van der Waals surface area contributed by atoms with Gasteiger partial charge in [-0.2, -0.15) is 0 Å². The van der Waals surface area contributed by atoms with Crippen molar-refractivity contribution in [2.75, 3.05) is 13.2 Å². The number of rotatable bonds is 4. The molecule has 1 saturated heterocycles. The molecule has 0 radical (unpaired) electrons. The van der Waals surface area contributed by atoms with Crippen LogP contribution >= 0.6 is 0 Å². The van der Waals surface area contributed by atoms with Crippen molar-refractivity contribution in [2.45, 2.75) is 75.5 Å². The highest BCUT2D eigenvalue weighted by atomic mass is 16.5. The van der Waals surface area contributed by atoms with Crippen LogP contribution < -0.4 is 0 Å². The van der Waals surface area contributed by atoms with Gasteiger partial charge in [-0.15, -0.1) is 0 Å². The summed E-state index contributed by atoms with van der Waals surface area (Å²) in [6, 6.07) is 0.921. The van der Waals surface area contributed by atoms with Gasteiger partial charge < -0.3 is 9.84 Å². The predicted octanol–water partition coefficient (Wildman–Crippen LogP) is 2.42. The zero-order valence-corrected chi connectivity index (χ0v) is 11.6. The number of carboxylic acid groups (broad SMARTS) is 1. The van der Waals surface area contributed by atoms with Gasteiger partial charge in [0, 0.05) is 18.7 Å². The van der Waals surface area contributed by atoms with Crippen LogP contribution in [0, 0.1) is 0 Å². The monoisotopic (exact) mass is 267 g/mol. The molecule has 1 spiro atoms. The van der Waals surface area contributed by atoms with Gasteiger partial charge in [-0.3, -0.25) is 9.69 Å². The van der Waals surface area contributed by atoms with Crippen LogP contribution in [-0.2, 0) is 9.53 Å². The number of carboxylic acids is 1. The van der Waals surface area contributed by atoms with Crippen LogP contribution in [0.1, 0.15) is 57.8 Å². The van der Waals surface area contributed by atoms with E-state index in [-0.39, 0.29) is 12.1 Å². The van der Waals surface area contributed by atoms with Crippen molar-refractivity contribution < 1.29 is 14.6 Å². The molecular formula is C15H25NO3. The lowest BCUT2D eigenvalue weighted by Gasteiger charge is -2.50. The van der Waals surface area contributed by atoms with E-state index in [2.05, 4.69) is 4.90 Å². The summed E-state index contributed by atoms with van der Waals surface area (Å²) in [5.41, 5.74) is 0.109. The van der Waals surface area contributed by atoms with Gasteiger partial charge in [-0.05, 0) is 44.9 Å². The molecule has 0 bridgehead atoms. The van der Waals surface area contributed by atoms with Crippen LogP contribution in [0.2, 0.25) is 0 Å². The Labute approximate surface area is 115 Å². The number of hydrogen-bond acceptors (Lipinski definition) is 3. The second-order valence-electron chi connectivity index (χ2n) is 6.54. The molecule has 0 aromatic heterocycles. The molecule has 1 heterocycles. The summed E-state index contributed by atoms with van der Waals surface area (Å²) in [6.07, 6.45) is 10.6. The maximum atomic E-state index is 11.2. The lowest BCUT2D eigenvalue weighted by molar-refractivity contribution is -0.158. The van der Waals surface area contributed by atoms with E-state index >= 15 is 0 Å². The first-order chi connectivity index (χ1) is 9.19. The van der Waals surface area contributed by atoms with Crippen LogP contribution in [0.15, 0.2) is 0 Å². The van der Waals surface area contributed by atoms with Gasteiger partial charge in [-0.25, -0.2) is 0 Å². The Morgan fingerprint density at radius 1 is 1.16 bits per heavy atom. The fourth-order valence-electron chi connectivity index (χ4n) is 4.15. The SMILES string of the molecule is O=C(O)CN(C1CCCC1)C1CCOC2(CCC2)C1. The molecular weight excluding hydrogens is 242 g/mol. The minimum absolute atomic E-state index is 0.109. The molecule has 2 saturated carbocycles. The Bertz CT molecular complexity index is 334. The molecule has 1 unspecified atom stereocenters. The van der Waals surface area contributed by atoms with Crippen LogP contribution in [0.25, 0.3) is 0 Å². The molecule has 19 heavy (non-hydrogen) atoms. The molecule has 108 valence electrons. The average molecular weight is 267 g/mol. The number of ether oxygens (including phenoxy) is 1. The number of carbonyl (C=O) groups is 1. The summed E-state index contributed by atoms with van der Waals surface area (Å²) in [5.74, 6) is -0.680. The Balaban J connectivity index is 1.68. The van der Waals surface area contributed by atoms with Gasteiger partial charge >= 0.3 is 5.97 Å². The number of aliphatic carboxylic acids is 1. The molecule has 4 heteroatoms. The van der Waals surface area contributed by atoms with Crippen LogP contribution in [0.5, 0.6) is 0 Å². The summed E-state index contributed by atoms with van der Waals surface area (Å²) in [4.78, 5) is 13.5. The molecule has 0 aromatic carbocycles. The minimum atomic E-state index is -0.680. The molecule has 0 aromatic rings. The highest BCUT2D eigenvalue weighted by Crippen LogP contribution is 2.44. The van der Waals surface area contributed by atoms with Gasteiger partial charge in [-0.1, -0.05) is 12.8 Å². The molecule has 4 nitrogen and oxygen atoms in total. The Morgan fingerprint density at radius 2 is 1.89 bits per heavy atom. The molecule has 1 atom stereocenters. The van der Waals surface area contributed by atoms with E-state index in [1.54, 1.807) is 0 Å². The third-order valence-electron chi connectivity index (χ3n) is 5.31. The lowest BCUT2D eigenvalue weighted by Crippen LogP contribution is -2.55. The number of hydrogen-bond donors (Lipinski definition) is 1. The first-order valence-electron chi connectivity index (χ1n) is 7.80. The Kier molecular flexibility index (Phi) is 3.81. The van der Waals surface area contributed by atoms with Gasteiger partial charge in [0.05, 0.1) is 12.1 Å². The zero-order valence-electron chi connectivity index (χ0n) is 11.6. The molecule has 1 aliphatic heterocycles. The summed E-state index contributed by atoms with van der Waals surface area (Å²) in [7, 11) is 0. The van der Waals surface area contributed by atoms with Gasteiger partial charge in [0.15, 0.2) is 0 Å². The summed E-state index contributed by atoms with van der Waals surface area (Å²) in [6.45, 7) is 1.03. The fourth-order valence-corrected chi connectivity index (χ4v) is 4.15. The van der Waals surface area contributed by atoms with Crippen molar-refractivity contribution in [2.24, 2.45) is 0 Å². The highest BCUT2D eigenvalue weighted by Gasteiger charge is 2.45. The van der Waals surface area contributed by atoms with Gasteiger partial charge in [0.25, 0.3) is 0 Å². The molecule has 1 N–H and O–H groups in total. The lowest BCUT2D eigenvalue weighted by atomic mass is 9.73. The predicted molar refractivity (Wildman–Crippen MR) is 72.2 cm³/mol. The van der Waals surface area contributed by atoms with E-state index in [0.29, 0.717) is 12.1 Å². The molecule has 3 fully saturated rings. The standard InChI is InChI=1S/C15H25NO3/c17-14(18)11-16(12-4-1-2-5-12)13-6-9-19-15(10-13)7-3-8-15/h12-13H,1-11H2,(H,17,18). The largest absolute Gasteiger partial charge is 0.480 e. The van der Waals surface area contributed by atoms with Crippen LogP contribution in [0.3, 0.4) is 0 Å². The summed E-state index contributed by atoms with van der Waals surface area (Å²) >= 11 is 0. The first-order valence-corrected chi connectivity index (χ1v) is 7.80. The molecule has 0 amide bonds. The van der Waals surface area contributed by atoms with E-state index in [1.165, 1.54) is 44.9 Å². The molecule has 3 rings (SSSR count). The first kappa shape index (κ1) is 13.4.